The lowest BCUT2D eigenvalue weighted by Gasteiger charge is -2.57. The van der Waals surface area contributed by atoms with Crippen molar-refractivity contribution in [3.05, 3.63) is 18.2 Å². The highest BCUT2D eigenvalue weighted by molar-refractivity contribution is 7.89. The largest absolute Gasteiger partial charge is 0.490 e. The summed E-state index contributed by atoms with van der Waals surface area (Å²) in [6, 6.07) is 3.70. The Bertz CT molecular complexity index is 925. The van der Waals surface area contributed by atoms with Crippen LogP contribution in [0.25, 0.3) is 0 Å². The van der Waals surface area contributed by atoms with Gasteiger partial charge in [0.2, 0.25) is 15.9 Å². The molecule has 1 amide bonds. The van der Waals surface area contributed by atoms with Gasteiger partial charge in [-0.15, -0.1) is 0 Å². The van der Waals surface area contributed by atoms with Gasteiger partial charge in [-0.1, -0.05) is 0 Å². The molecular weight excluding hydrogens is 416 g/mol. The molecule has 0 spiro atoms. The fourth-order valence-corrected chi connectivity index (χ4v) is 7.82. The molecule has 7 nitrogen and oxygen atoms in total. The molecule has 4 aliphatic carbocycles. The van der Waals surface area contributed by atoms with Crippen LogP contribution in [0.1, 0.15) is 51.9 Å². The number of ether oxygens (including phenoxy) is 2. The molecule has 31 heavy (non-hydrogen) atoms. The molecule has 1 aromatic carbocycles. The minimum Gasteiger partial charge on any atom is -0.490 e. The van der Waals surface area contributed by atoms with Gasteiger partial charge in [-0.05, 0) is 80.8 Å². The minimum absolute atomic E-state index is 0.0671. The van der Waals surface area contributed by atoms with E-state index in [1.54, 1.807) is 13.0 Å². The summed E-state index contributed by atoms with van der Waals surface area (Å²) in [5.74, 6) is 3.14. The van der Waals surface area contributed by atoms with Crippen LogP contribution in [0.3, 0.4) is 0 Å². The molecular formula is C23H32N2O5S. The molecule has 1 aliphatic heterocycles. The van der Waals surface area contributed by atoms with Gasteiger partial charge in [0.1, 0.15) is 0 Å². The molecule has 6 rings (SSSR count). The third-order valence-electron chi connectivity index (χ3n) is 7.56. The van der Waals surface area contributed by atoms with Crippen LogP contribution in [0, 0.1) is 23.2 Å². The van der Waals surface area contributed by atoms with Crippen molar-refractivity contribution in [2.24, 2.45) is 23.2 Å². The predicted molar refractivity (Wildman–Crippen MR) is 115 cm³/mol. The maximum absolute atomic E-state index is 12.9. The molecule has 1 heterocycles. The molecule has 0 aromatic heterocycles. The average Bonchev–Trinajstić information content (AvgIpc) is 2.95. The summed E-state index contributed by atoms with van der Waals surface area (Å²) in [6.45, 7) is 3.27. The van der Waals surface area contributed by atoms with E-state index in [0.717, 1.165) is 24.2 Å². The first-order valence-corrected chi connectivity index (χ1v) is 13.0. The average molecular weight is 449 g/mol. The van der Waals surface area contributed by atoms with Crippen LogP contribution in [0.15, 0.2) is 23.1 Å². The summed E-state index contributed by atoms with van der Waals surface area (Å²) in [7, 11) is -3.86. The molecule has 1 aromatic rings. The van der Waals surface area contributed by atoms with Gasteiger partial charge in [0.15, 0.2) is 11.5 Å². The van der Waals surface area contributed by atoms with Gasteiger partial charge in [0.25, 0.3) is 0 Å². The Kier molecular flexibility index (Phi) is 5.41. The molecule has 4 fully saturated rings. The lowest BCUT2D eigenvalue weighted by molar-refractivity contribution is -0.124. The third kappa shape index (κ3) is 4.29. The van der Waals surface area contributed by atoms with Crippen LogP contribution in [0.4, 0.5) is 0 Å². The highest BCUT2D eigenvalue weighted by atomic mass is 32.2. The first kappa shape index (κ1) is 21.1. The molecule has 170 valence electrons. The van der Waals surface area contributed by atoms with E-state index in [1.165, 1.54) is 50.7 Å². The molecule has 0 radical (unpaired) electrons. The monoisotopic (exact) mass is 448 g/mol. The first-order valence-electron chi connectivity index (χ1n) is 11.5. The number of carbonyl (C=O) groups is 1. The van der Waals surface area contributed by atoms with Crippen LogP contribution >= 0.6 is 0 Å². The van der Waals surface area contributed by atoms with Gasteiger partial charge < -0.3 is 14.8 Å². The number of benzene rings is 1. The number of rotatable bonds is 6. The molecule has 4 saturated carbocycles. The maximum atomic E-state index is 12.9. The van der Waals surface area contributed by atoms with Crippen molar-refractivity contribution < 1.29 is 22.7 Å². The van der Waals surface area contributed by atoms with Gasteiger partial charge in [-0.2, -0.15) is 4.72 Å². The zero-order valence-corrected chi connectivity index (χ0v) is 18.9. The number of hydrogen-bond acceptors (Lipinski definition) is 5. The van der Waals surface area contributed by atoms with Crippen LogP contribution in [-0.2, 0) is 14.8 Å². The van der Waals surface area contributed by atoms with Crippen molar-refractivity contribution >= 4 is 15.9 Å². The summed E-state index contributed by atoms with van der Waals surface area (Å²) in [6.07, 6.45) is 8.44. The highest BCUT2D eigenvalue weighted by Crippen LogP contribution is 2.59. The number of carbonyl (C=O) groups excluding carboxylic acids is 1. The van der Waals surface area contributed by atoms with Crippen LogP contribution in [0.2, 0.25) is 0 Å². The number of hydrogen-bond donors (Lipinski definition) is 2. The van der Waals surface area contributed by atoms with E-state index in [1.807, 2.05) is 0 Å². The molecule has 0 unspecified atom stereocenters. The van der Waals surface area contributed by atoms with Gasteiger partial charge in [0.05, 0.1) is 24.2 Å². The predicted octanol–water partition coefficient (Wildman–Crippen LogP) is 2.85. The summed E-state index contributed by atoms with van der Waals surface area (Å²) in [5, 5.41) is 3.06. The fraction of sp³-hybridized carbons (Fsp3) is 0.696. The summed E-state index contributed by atoms with van der Waals surface area (Å²) in [4.78, 5) is 12.8. The second-order valence-electron chi connectivity index (χ2n) is 10.1. The molecule has 1 atom stereocenters. The summed E-state index contributed by atoms with van der Waals surface area (Å²) >= 11 is 0. The molecule has 8 heteroatoms. The molecule has 2 N–H and O–H groups in total. The second kappa shape index (κ2) is 7.96. The Labute approximate surface area is 184 Å². The van der Waals surface area contributed by atoms with Crippen molar-refractivity contribution in [2.75, 3.05) is 19.8 Å². The Balaban J connectivity index is 1.21. The van der Waals surface area contributed by atoms with Crippen molar-refractivity contribution in [3.8, 4) is 11.5 Å². The third-order valence-corrected chi connectivity index (χ3v) is 9.10. The van der Waals surface area contributed by atoms with Crippen molar-refractivity contribution in [1.82, 2.24) is 10.0 Å². The van der Waals surface area contributed by atoms with Crippen LogP contribution in [-0.4, -0.2) is 40.1 Å². The van der Waals surface area contributed by atoms with E-state index in [2.05, 4.69) is 10.0 Å². The Morgan fingerprint density at radius 1 is 1.06 bits per heavy atom. The highest BCUT2D eigenvalue weighted by Gasteiger charge is 2.50. The summed E-state index contributed by atoms with van der Waals surface area (Å²) in [5.41, 5.74) is 0.220. The van der Waals surface area contributed by atoms with Crippen molar-refractivity contribution in [3.63, 3.8) is 0 Å². The molecule has 0 saturated heterocycles. The topological polar surface area (TPSA) is 93.7 Å². The van der Waals surface area contributed by atoms with Gasteiger partial charge >= 0.3 is 0 Å². The Morgan fingerprint density at radius 2 is 1.68 bits per heavy atom. The van der Waals surface area contributed by atoms with E-state index in [4.69, 9.17) is 9.47 Å². The number of nitrogens with one attached hydrogen (secondary N) is 2. The van der Waals surface area contributed by atoms with Gasteiger partial charge in [-0.3, -0.25) is 4.79 Å². The van der Waals surface area contributed by atoms with E-state index in [-0.39, 0.29) is 16.2 Å². The number of sulfonamides is 1. The SMILES string of the molecule is C[C@H](NS(=O)(=O)c1ccc2c(c1)OCCCO2)C(=O)NCC12CC3CC(CC(C3)C1)C2. The maximum Gasteiger partial charge on any atom is 0.241 e. The van der Waals surface area contributed by atoms with Crippen LogP contribution in [0.5, 0.6) is 11.5 Å². The second-order valence-corrected chi connectivity index (χ2v) is 11.9. The van der Waals surface area contributed by atoms with Crippen molar-refractivity contribution in [2.45, 2.75) is 62.8 Å². The number of fused-ring (bicyclic) bond motifs is 1. The minimum atomic E-state index is -3.86. The lowest BCUT2D eigenvalue weighted by atomic mass is 9.49. The van der Waals surface area contributed by atoms with E-state index in [9.17, 15) is 13.2 Å². The quantitative estimate of drug-likeness (QED) is 0.698. The van der Waals surface area contributed by atoms with E-state index >= 15 is 0 Å². The molecule has 5 aliphatic rings. The Morgan fingerprint density at radius 3 is 2.32 bits per heavy atom. The Hall–Kier alpha value is -1.80. The summed E-state index contributed by atoms with van der Waals surface area (Å²) < 4.78 is 39.4. The smallest absolute Gasteiger partial charge is 0.241 e. The standard InChI is InChI=1S/C23H32N2O5S/c1-15(22(26)24-14-23-11-16-7-17(12-23)9-18(8-16)13-23)25-31(27,28)19-3-4-20-21(10-19)30-6-2-5-29-20/h3-4,10,15-18,25H,2,5-9,11-14H2,1H3,(H,24,26)/t15-,16?,17?,18?,23?/m0/s1. The van der Waals surface area contributed by atoms with E-state index in [0.29, 0.717) is 31.3 Å². The molecule has 4 bridgehead atoms. The van der Waals surface area contributed by atoms with Gasteiger partial charge in [-0.25, -0.2) is 8.42 Å². The lowest BCUT2D eigenvalue weighted by Crippen LogP contribution is -2.53. The zero-order valence-electron chi connectivity index (χ0n) is 18.1. The first-order chi connectivity index (χ1) is 14.8. The number of amides is 1. The van der Waals surface area contributed by atoms with Crippen molar-refractivity contribution in [1.29, 1.82) is 0 Å². The van der Waals surface area contributed by atoms with Gasteiger partial charge in [0, 0.05) is 19.0 Å². The van der Waals surface area contributed by atoms with Crippen LogP contribution < -0.4 is 19.5 Å². The zero-order chi connectivity index (χ0) is 21.6. The normalized spacial score (nSPS) is 32.4. The van der Waals surface area contributed by atoms with E-state index < -0.39 is 16.1 Å². The fourth-order valence-electron chi connectivity index (χ4n) is 6.60.